The molecule has 4 rings (SSSR count). The molecule has 7 heteroatoms. The number of hydrogen-bond donors (Lipinski definition) is 0. The average molecular weight is 406 g/mol. The number of piperazine rings is 1. The van der Waals surface area contributed by atoms with Crippen molar-refractivity contribution in [2.24, 2.45) is 0 Å². The maximum absolute atomic E-state index is 12.7. The zero-order valence-electron chi connectivity index (χ0n) is 17.3. The van der Waals surface area contributed by atoms with Gasteiger partial charge in [-0.05, 0) is 24.6 Å². The summed E-state index contributed by atoms with van der Waals surface area (Å²) in [6, 6.07) is 17.5. The third kappa shape index (κ3) is 4.52. The Morgan fingerprint density at radius 2 is 1.77 bits per heavy atom. The molecule has 0 bridgehead atoms. The first-order valence-electron chi connectivity index (χ1n) is 10.2. The molecule has 2 heterocycles. The molecule has 0 radical (unpaired) electrons. The van der Waals surface area contributed by atoms with Crippen LogP contribution in [0.5, 0.6) is 5.75 Å². The van der Waals surface area contributed by atoms with Gasteiger partial charge in [0.25, 0.3) is 0 Å². The normalized spacial score (nSPS) is 15.7. The zero-order chi connectivity index (χ0) is 20.9. The summed E-state index contributed by atoms with van der Waals surface area (Å²) in [5, 5.41) is 4.12. The molecule has 1 saturated heterocycles. The van der Waals surface area contributed by atoms with Gasteiger partial charge >= 0.3 is 0 Å². The van der Waals surface area contributed by atoms with Gasteiger partial charge in [-0.1, -0.05) is 47.6 Å². The van der Waals surface area contributed by atoms with Crippen LogP contribution in [0.3, 0.4) is 0 Å². The molecule has 7 nitrogen and oxygen atoms in total. The van der Waals surface area contributed by atoms with Gasteiger partial charge in [-0.3, -0.25) is 9.69 Å². The molecule has 0 N–H and O–H groups in total. The van der Waals surface area contributed by atoms with E-state index in [0.717, 1.165) is 30.0 Å². The van der Waals surface area contributed by atoms with Gasteiger partial charge < -0.3 is 14.2 Å². The molecule has 1 aromatic heterocycles. The van der Waals surface area contributed by atoms with Crippen LogP contribution in [0.2, 0.25) is 0 Å². The molecule has 1 atom stereocenters. The van der Waals surface area contributed by atoms with E-state index in [-0.39, 0.29) is 11.9 Å². The minimum Gasteiger partial charge on any atom is -0.497 e. The Labute approximate surface area is 176 Å². The highest BCUT2D eigenvalue weighted by Gasteiger charge is 2.27. The lowest BCUT2D eigenvalue weighted by atomic mass is 10.1. The zero-order valence-corrected chi connectivity index (χ0v) is 17.3. The average Bonchev–Trinajstić information content (AvgIpc) is 3.30. The van der Waals surface area contributed by atoms with Crippen LogP contribution in [-0.4, -0.2) is 59.1 Å². The number of carbonyl (C=O) groups is 1. The highest BCUT2D eigenvalue weighted by molar-refractivity contribution is 5.79. The molecule has 1 unspecified atom stereocenters. The van der Waals surface area contributed by atoms with Gasteiger partial charge in [0.05, 0.1) is 19.6 Å². The van der Waals surface area contributed by atoms with Crippen molar-refractivity contribution >= 4 is 5.91 Å². The van der Waals surface area contributed by atoms with Crippen LogP contribution in [0.4, 0.5) is 0 Å². The third-order valence-electron chi connectivity index (χ3n) is 5.56. The lowest BCUT2D eigenvalue weighted by molar-refractivity contribution is -0.132. The molecular formula is C23H26N4O3. The van der Waals surface area contributed by atoms with Crippen molar-refractivity contribution in [3.8, 4) is 17.1 Å². The van der Waals surface area contributed by atoms with Crippen molar-refractivity contribution in [2.75, 3.05) is 33.3 Å². The molecule has 3 aromatic rings. The number of carbonyl (C=O) groups excluding carboxylic acids is 1. The second-order valence-electron chi connectivity index (χ2n) is 7.44. The Balaban J connectivity index is 1.31. The van der Waals surface area contributed by atoms with E-state index < -0.39 is 0 Å². The minimum absolute atomic E-state index is 0.00815. The first-order valence-corrected chi connectivity index (χ1v) is 10.2. The van der Waals surface area contributed by atoms with E-state index in [1.807, 2.05) is 59.5 Å². The van der Waals surface area contributed by atoms with Crippen molar-refractivity contribution < 1.29 is 14.1 Å². The molecule has 1 fully saturated rings. The van der Waals surface area contributed by atoms with Crippen molar-refractivity contribution in [1.29, 1.82) is 0 Å². The van der Waals surface area contributed by atoms with Crippen molar-refractivity contribution in [2.45, 2.75) is 19.4 Å². The number of aromatic nitrogens is 2. The summed E-state index contributed by atoms with van der Waals surface area (Å²) in [5.74, 6) is 2.15. The van der Waals surface area contributed by atoms with Crippen molar-refractivity contribution in [3.05, 3.63) is 66.1 Å². The Hall–Kier alpha value is -3.19. The van der Waals surface area contributed by atoms with Crippen LogP contribution in [0.25, 0.3) is 11.4 Å². The number of hydrogen-bond acceptors (Lipinski definition) is 6. The maximum Gasteiger partial charge on any atom is 0.244 e. The Morgan fingerprint density at radius 3 is 2.43 bits per heavy atom. The number of benzene rings is 2. The fraction of sp³-hybridized carbons (Fsp3) is 0.348. The van der Waals surface area contributed by atoms with Gasteiger partial charge in [0.1, 0.15) is 5.75 Å². The summed E-state index contributed by atoms with van der Waals surface area (Å²) in [4.78, 5) is 21.4. The molecule has 0 spiro atoms. The number of methoxy groups -OCH3 is 1. The first-order chi connectivity index (χ1) is 14.6. The van der Waals surface area contributed by atoms with Gasteiger partial charge in [0.2, 0.25) is 17.6 Å². The van der Waals surface area contributed by atoms with Crippen molar-refractivity contribution in [3.63, 3.8) is 0 Å². The summed E-state index contributed by atoms with van der Waals surface area (Å²) in [6.07, 6.45) is 0.406. The molecule has 0 saturated carbocycles. The Morgan fingerprint density at radius 1 is 1.07 bits per heavy atom. The monoisotopic (exact) mass is 406 g/mol. The highest BCUT2D eigenvalue weighted by atomic mass is 16.5. The number of rotatable bonds is 6. The van der Waals surface area contributed by atoms with Crippen LogP contribution < -0.4 is 4.74 Å². The summed E-state index contributed by atoms with van der Waals surface area (Å²) in [5.41, 5.74) is 1.93. The summed E-state index contributed by atoms with van der Waals surface area (Å²) < 4.78 is 10.7. The molecule has 2 aromatic carbocycles. The Bertz CT molecular complexity index is 964. The number of ether oxygens (including phenoxy) is 1. The van der Waals surface area contributed by atoms with Gasteiger partial charge in [-0.25, -0.2) is 0 Å². The second kappa shape index (κ2) is 9.09. The SMILES string of the molecule is COc1ccc(CC(=O)N2CCN(C(C)c3nc(-c4ccccc4)no3)CC2)cc1. The molecular weight excluding hydrogens is 380 g/mol. The van der Waals surface area contributed by atoms with E-state index in [1.165, 1.54) is 0 Å². The van der Waals surface area contributed by atoms with Crippen LogP contribution in [0, 0.1) is 0 Å². The first kappa shape index (κ1) is 20.1. The van der Waals surface area contributed by atoms with Gasteiger partial charge in [-0.15, -0.1) is 0 Å². The Kier molecular flexibility index (Phi) is 6.09. The molecule has 30 heavy (non-hydrogen) atoms. The lowest BCUT2D eigenvalue weighted by Gasteiger charge is -2.36. The molecule has 156 valence electrons. The summed E-state index contributed by atoms with van der Waals surface area (Å²) in [6.45, 7) is 5.01. The quantitative estimate of drug-likeness (QED) is 0.626. The van der Waals surface area contributed by atoms with Gasteiger partial charge in [0.15, 0.2) is 0 Å². The van der Waals surface area contributed by atoms with E-state index in [1.54, 1.807) is 7.11 Å². The van der Waals surface area contributed by atoms with Crippen molar-refractivity contribution in [1.82, 2.24) is 19.9 Å². The van der Waals surface area contributed by atoms with Crippen LogP contribution in [0.1, 0.15) is 24.4 Å². The van der Waals surface area contributed by atoms with Crippen LogP contribution in [-0.2, 0) is 11.2 Å². The lowest BCUT2D eigenvalue weighted by Crippen LogP contribution is -2.49. The van der Waals surface area contributed by atoms with E-state index in [0.29, 0.717) is 31.2 Å². The predicted octanol–water partition coefficient (Wildman–Crippen LogP) is 3.19. The third-order valence-corrected chi connectivity index (χ3v) is 5.56. The standard InChI is InChI=1S/C23H26N4O3/c1-17(23-24-22(25-30-23)19-6-4-3-5-7-19)26-12-14-27(15-13-26)21(28)16-18-8-10-20(29-2)11-9-18/h3-11,17H,12-16H2,1-2H3. The van der Waals surface area contributed by atoms with E-state index in [4.69, 9.17) is 9.26 Å². The van der Waals surface area contributed by atoms with E-state index in [9.17, 15) is 4.79 Å². The fourth-order valence-electron chi connectivity index (χ4n) is 3.65. The maximum atomic E-state index is 12.7. The van der Waals surface area contributed by atoms with Crippen LogP contribution >= 0.6 is 0 Å². The second-order valence-corrected chi connectivity index (χ2v) is 7.44. The molecule has 1 aliphatic heterocycles. The molecule has 1 aliphatic rings. The smallest absolute Gasteiger partial charge is 0.244 e. The highest BCUT2D eigenvalue weighted by Crippen LogP contribution is 2.23. The summed E-state index contributed by atoms with van der Waals surface area (Å²) in [7, 11) is 1.64. The van der Waals surface area contributed by atoms with Gasteiger partial charge in [0, 0.05) is 31.7 Å². The number of nitrogens with zero attached hydrogens (tertiary/aromatic N) is 4. The molecule has 0 aliphatic carbocycles. The molecule has 1 amide bonds. The fourth-order valence-corrected chi connectivity index (χ4v) is 3.65. The predicted molar refractivity (Wildman–Crippen MR) is 113 cm³/mol. The summed E-state index contributed by atoms with van der Waals surface area (Å²) >= 11 is 0. The minimum atomic E-state index is 0.00815. The number of amides is 1. The topological polar surface area (TPSA) is 71.7 Å². The van der Waals surface area contributed by atoms with E-state index in [2.05, 4.69) is 22.0 Å². The van der Waals surface area contributed by atoms with Gasteiger partial charge in [-0.2, -0.15) is 4.98 Å². The van der Waals surface area contributed by atoms with E-state index >= 15 is 0 Å². The van der Waals surface area contributed by atoms with Crippen LogP contribution in [0.15, 0.2) is 59.1 Å². The largest absolute Gasteiger partial charge is 0.497 e.